The van der Waals surface area contributed by atoms with Gasteiger partial charge in [-0.25, -0.2) is 0 Å². The van der Waals surface area contributed by atoms with Gasteiger partial charge in [0.15, 0.2) is 0 Å². The molecule has 184 valence electrons. The van der Waals surface area contributed by atoms with Gasteiger partial charge in [0.1, 0.15) is 11.5 Å². The highest BCUT2D eigenvalue weighted by Gasteiger charge is 2.46. The lowest BCUT2D eigenvalue weighted by Gasteiger charge is -2.25. The van der Waals surface area contributed by atoms with Crippen LogP contribution >= 0.6 is 11.6 Å². The van der Waals surface area contributed by atoms with Gasteiger partial charge in [0.2, 0.25) is 0 Å². The Labute approximate surface area is 213 Å². The second kappa shape index (κ2) is 10.7. The SMILES string of the molecule is CCOC(=O)Cc1ccc(N2C(=O)C(=O)/C(=C(\O)c3ccc(OC)c(Cl)c3)C2c2ccccc2)cc1. The predicted octanol–water partition coefficient (Wildman–Crippen LogP) is 5.08. The highest BCUT2D eigenvalue weighted by Crippen LogP contribution is 2.42. The molecule has 8 heteroatoms. The Kier molecular flexibility index (Phi) is 7.41. The first-order chi connectivity index (χ1) is 17.3. The molecule has 1 unspecified atom stereocenters. The van der Waals surface area contributed by atoms with Crippen molar-refractivity contribution in [1.29, 1.82) is 0 Å². The van der Waals surface area contributed by atoms with Crippen LogP contribution in [0.1, 0.15) is 29.7 Å². The molecule has 1 saturated heterocycles. The number of aliphatic hydroxyl groups excluding tert-OH is 1. The highest BCUT2D eigenvalue weighted by atomic mass is 35.5. The molecule has 3 aromatic rings. The van der Waals surface area contributed by atoms with Gasteiger partial charge >= 0.3 is 5.97 Å². The first kappa shape index (κ1) is 25.0. The van der Waals surface area contributed by atoms with Crippen LogP contribution in [0.25, 0.3) is 5.76 Å². The van der Waals surface area contributed by atoms with E-state index in [4.69, 9.17) is 21.1 Å². The molecule has 1 heterocycles. The average molecular weight is 506 g/mol. The molecular weight excluding hydrogens is 482 g/mol. The second-order valence-electron chi connectivity index (χ2n) is 8.08. The molecule has 1 amide bonds. The number of carbonyl (C=O) groups excluding carboxylic acids is 3. The Bertz CT molecular complexity index is 1330. The number of ketones is 1. The lowest BCUT2D eigenvalue weighted by molar-refractivity contribution is -0.142. The number of Topliss-reactive ketones (excluding diaryl/α,β-unsaturated/α-hetero) is 1. The fourth-order valence-corrected chi connectivity index (χ4v) is 4.43. The summed E-state index contributed by atoms with van der Waals surface area (Å²) in [5, 5.41) is 11.5. The standard InChI is InChI=1S/C28H24ClNO6/c1-3-36-23(31)15-17-9-12-20(13-10-17)30-25(18-7-5-4-6-8-18)24(27(33)28(30)34)26(32)19-11-14-22(35-2)21(29)16-19/h4-14,16,25,32H,3,15H2,1-2H3/b26-24-. The maximum absolute atomic E-state index is 13.3. The van der Waals surface area contributed by atoms with Gasteiger partial charge in [-0.2, -0.15) is 0 Å². The van der Waals surface area contributed by atoms with Crippen molar-refractivity contribution in [2.24, 2.45) is 0 Å². The van der Waals surface area contributed by atoms with Crippen LogP contribution in [0.3, 0.4) is 0 Å². The zero-order valence-electron chi connectivity index (χ0n) is 19.7. The minimum atomic E-state index is -0.872. The van der Waals surface area contributed by atoms with Crippen molar-refractivity contribution >= 4 is 40.7 Å². The monoisotopic (exact) mass is 505 g/mol. The molecule has 0 aromatic heterocycles. The topological polar surface area (TPSA) is 93.1 Å². The predicted molar refractivity (Wildman–Crippen MR) is 136 cm³/mol. The van der Waals surface area contributed by atoms with E-state index in [0.717, 1.165) is 0 Å². The van der Waals surface area contributed by atoms with E-state index in [2.05, 4.69) is 0 Å². The smallest absolute Gasteiger partial charge is 0.310 e. The third-order valence-corrected chi connectivity index (χ3v) is 6.15. The normalized spacial score (nSPS) is 16.8. The number of hydrogen-bond acceptors (Lipinski definition) is 6. The molecule has 0 aliphatic carbocycles. The molecule has 1 aliphatic heterocycles. The summed E-state index contributed by atoms with van der Waals surface area (Å²) in [6.45, 7) is 2.03. The van der Waals surface area contributed by atoms with Crippen LogP contribution in [-0.4, -0.2) is 36.5 Å². The van der Waals surface area contributed by atoms with E-state index in [1.807, 2.05) is 6.07 Å². The minimum absolute atomic E-state index is 0.0527. The second-order valence-corrected chi connectivity index (χ2v) is 8.48. The molecule has 7 nitrogen and oxygen atoms in total. The Morgan fingerprint density at radius 3 is 2.33 bits per heavy atom. The van der Waals surface area contributed by atoms with E-state index in [9.17, 15) is 19.5 Å². The Morgan fingerprint density at radius 1 is 1.03 bits per heavy atom. The fourth-order valence-electron chi connectivity index (χ4n) is 4.17. The molecule has 1 atom stereocenters. The van der Waals surface area contributed by atoms with Crippen molar-refractivity contribution in [1.82, 2.24) is 0 Å². The van der Waals surface area contributed by atoms with E-state index < -0.39 is 17.7 Å². The number of hydrogen-bond donors (Lipinski definition) is 1. The van der Waals surface area contributed by atoms with Crippen LogP contribution in [0.2, 0.25) is 5.02 Å². The van der Waals surface area contributed by atoms with Crippen molar-refractivity contribution in [3.63, 3.8) is 0 Å². The van der Waals surface area contributed by atoms with Gasteiger partial charge in [-0.15, -0.1) is 0 Å². The minimum Gasteiger partial charge on any atom is -0.507 e. The molecule has 1 N–H and O–H groups in total. The van der Waals surface area contributed by atoms with Crippen LogP contribution in [0.15, 0.2) is 78.4 Å². The molecular formula is C28H24ClNO6. The number of amides is 1. The number of esters is 1. The summed E-state index contributed by atoms with van der Waals surface area (Å²) in [6, 6.07) is 19.5. The maximum Gasteiger partial charge on any atom is 0.310 e. The number of halogens is 1. The highest BCUT2D eigenvalue weighted by molar-refractivity contribution is 6.51. The van der Waals surface area contributed by atoms with Crippen LogP contribution in [0.5, 0.6) is 5.75 Å². The lowest BCUT2D eigenvalue weighted by Crippen LogP contribution is -2.29. The summed E-state index contributed by atoms with van der Waals surface area (Å²) in [5.41, 5.74) is 2.03. The van der Waals surface area contributed by atoms with Gasteiger partial charge in [0, 0.05) is 11.3 Å². The van der Waals surface area contributed by atoms with E-state index >= 15 is 0 Å². The fraction of sp³-hybridized carbons (Fsp3) is 0.179. The first-order valence-corrected chi connectivity index (χ1v) is 11.7. The average Bonchev–Trinajstić information content (AvgIpc) is 3.15. The van der Waals surface area contributed by atoms with Crippen molar-refractivity contribution in [3.8, 4) is 5.75 Å². The molecule has 4 rings (SSSR count). The summed E-state index contributed by atoms with van der Waals surface area (Å²) in [4.78, 5) is 39.7. The first-order valence-electron chi connectivity index (χ1n) is 11.3. The third kappa shape index (κ3) is 4.83. The Morgan fingerprint density at radius 2 is 1.72 bits per heavy atom. The van der Waals surface area contributed by atoms with Gasteiger partial charge in [0.25, 0.3) is 11.7 Å². The summed E-state index contributed by atoms with van der Waals surface area (Å²) < 4.78 is 10.2. The van der Waals surface area contributed by atoms with Gasteiger partial charge in [-0.05, 0) is 48.4 Å². The number of aliphatic hydroxyl groups is 1. The number of rotatable bonds is 7. The number of carbonyl (C=O) groups is 3. The van der Waals surface area contributed by atoms with Crippen LogP contribution in [0.4, 0.5) is 5.69 Å². The largest absolute Gasteiger partial charge is 0.507 e. The van der Waals surface area contributed by atoms with Crippen molar-refractivity contribution in [3.05, 3.63) is 100 Å². The summed E-state index contributed by atoms with van der Waals surface area (Å²) >= 11 is 6.24. The third-order valence-electron chi connectivity index (χ3n) is 5.85. The van der Waals surface area contributed by atoms with Gasteiger partial charge < -0.3 is 14.6 Å². The molecule has 0 spiro atoms. The van der Waals surface area contributed by atoms with Gasteiger partial charge in [0.05, 0.1) is 36.8 Å². The Balaban J connectivity index is 1.80. The van der Waals surface area contributed by atoms with Crippen LogP contribution in [-0.2, 0) is 25.5 Å². The van der Waals surface area contributed by atoms with E-state index in [1.165, 1.54) is 18.1 Å². The molecule has 0 saturated carbocycles. The van der Waals surface area contributed by atoms with Crippen molar-refractivity contribution < 1.29 is 29.0 Å². The van der Waals surface area contributed by atoms with Gasteiger partial charge in [-0.3, -0.25) is 19.3 Å². The quantitative estimate of drug-likeness (QED) is 0.208. The number of ether oxygens (including phenoxy) is 2. The molecule has 3 aromatic carbocycles. The van der Waals surface area contributed by atoms with E-state index in [-0.39, 0.29) is 40.9 Å². The zero-order chi connectivity index (χ0) is 25.8. The van der Waals surface area contributed by atoms with E-state index in [1.54, 1.807) is 67.6 Å². The summed E-state index contributed by atoms with van der Waals surface area (Å²) in [6.07, 6.45) is 0.0906. The number of anilines is 1. The summed E-state index contributed by atoms with van der Waals surface area (Å²) in [5.74, 6) is -1.87. The van der Waals surface area contributed by atoms with Crippen molar-refractivity contribution in [2.75, 3.05) is 18.6 Å². The van der Waals surface area contributed by atoms with Crippen LogP contribution in [0, 0.1) is 0 Å². The Hall–Kier alpha value is -4.10. The van der Waals surface area contributed by atoms with Gasteiger partial charge in [-0.1, -0.05) is 54.1 Å². The zero-order valence-corrected chi connectivity index (χ0v) is 20.5. The number of nitrogens with zero attached hydrogens (tertiary/aromatic N) is 1. The molecule has 1 fully saturated rings. The molecule has 36 heavy (non-hydrogen) atoms. The molecule has 1 aliphatic rings. The van der Waals surface area contributed by atoms with Crippen molar-refractivity contribution in [2.45, 2.75) is 19.4 Å². The van der Waals surface area contributed by atoms with E-state index in [0.29, 0.717) is 22.6 Å². The maximum atomic E-state index is 13.3. The summed E-state index contributed by atoms with van der Waals surface area (Å²) in [7, 11) is 1.47. The van der Waals surface area contributed by atoms with Crippen LogP contribution < -0.4 is 9.64 Å². The lowest BCUT2D eigenvalue weighted by atomic mass is 9.95. The molecule has 0 radical (unpaired) electrons. The number of benzene rings is 3. The molecule has 0 bridgehead atoms. The number of methoxy groups -OCH3 is 1.